The van der Waals surface area contributed by atoms with Gasteiger partial charge in [0.2, 0.25) is 0 Å². The largest absolute Gasteiger partial charge is 0.392 e. The third-order valence-corrected chi connectivity index (χ3v) is 1.47. The zero-order valence-electron chi connectivity index (χ0n) is 6.40. The molecule has 0 aliphatic heterocycles. The molecule has 1 rings (SSSR count). The van der Waals surface area contributed by atoms with E-state index in [0.29, 0.717) is 0 Å². The lowest BCUT2D eigenvalue weighted by Gasteiger charge is -1.92. The lowest BCUT2D eigenvalue weighted by molar-refractivity contribution is 0.342. The molecule has 0 saturated carbocycles. The van der Waals surface area contributed by atoms with Gasteiger partial charge in [0.1, 0.15) is 0 Å². The van der Waals surface area contributed by atoms with Crippen LogP contribution in [0.15, 0.2) is 42.5 Å². The smallest absolute Gasteiger partial charge is 0.0612 e. The summed E-state index contributed by atoms with van der Waals surface area (Å²) in [6, 6.07) is 10.2. The molecule has 0 aliphatic carbocycles. The minimum absolute atomic E-state index is 0.132. The molecular weight excluding hydrogens is 136 g/mol. The first-order chi connectivity index (χ1) is 5.43. The van der Waals surface area contributed by atoms with Crippen molar-refractivity contribution in [2.24, 2.45) is 0 Å². The molecule has 0 radical (unpaired) electrons. The monoisotopic (exact) mass is 148 g/mol. The first-order valence-corrected chi connectivity index (χ1v) is 3.73. The predicted molar refractivity (Wildman–Crippen MR) is 46.4 cm³/mol. The molecule has 0 aliphatic rings. The van der Waals surface area contributed by atoms with E-state index in [-0.39, 0.29) is 6.61 Å². The van der Waals surface area contributed by atoms with Crippen LogP contribution in [0.5, 0.6) is 0 Å². The van der Waals surface area contributed by atoms with Crippen LogP contribution in [0.1, 0.15) is 5.56 Å². The van der Waals surface area contributed by atoms with Crippen molar-refractivity contribution in [2.75, 3.05) is 6.61 Å². The van der Waals surface area contributed by atoms with Crippen LogP contribution in [0, 0.1) is 0 Å². The summed E-state index contributed by atoms with van der Waals surface area (Å²) in [7, 11) is 0. The van der Waals surface area contributed by atoms with Crippen molar-refractivity contribution in [1.82, 2.24) is 0 Å². The summed E-state index contributed by atoms with van der Waals surface area (Å²) in [6.45, 7) is 0.132. The van der Waals surface area contributed by atoms with Crippen LogP contribution in [0.3, 0.4) is 0 Å². The standard InChI is InChI=1S/C10H12O/c11-9-5-4-8-10-6-2-1-3-7-10/h1-7,11H,8-9H2. The van der Waals surface area contributed by atoms with E-state index < -0.39 is 0 Å². The minimum Gasteiger partial charge on any atom is -0.392 e. The van der Waals surface area contributed by atoms with E-state index in [1.807, 2.05) is 24.3 Å². The van der Waals surface area contributed by atoms with E-state index in [4.69, 9.17) is 5.11 Å². The Labute approximate surface area is 67.0 Å². The van der Waals surface area contributed by atoms with E-state index in [0.717, 1.165) is 6.42 Å². The van der Waals surface area contributed by atoms with Crippen LogP contribution < -0.4 is 0 Å². The second-order valence-corrected chi connectivity index (χ2v) is 2.34. The van der Waals surface area contributed by atoms with Gasteiger partial charge in [0, 0.05) is 0 Å². The van der Waals surface area contributed by atoms with Crippen LogP contribution in [0.2, 0.25) is 0 Å². The van der Waals surface area contributed by atoms with Gasteiger partial charge in [-0.25, -0.2) is 0 Å². The van der Waals surface area contributed by atoms with Gasteiger partial charge in [-0.05, 0) is 12.0 Å². The van der Waals surface area contributed by atoms with Crippen LogP contribution in [0.25, 0.3) is 0 Å². The van der Waals surface area contributed by atoms with Gasteiger partial charge in [0.05, 0.1) is 6.61 Å². The fourth-order valence-electron chi connectivity index (χ4n) is 0.908. The highest BCUT2D eigenvalue weighted by atomic mass is 16.2. The average Bonchev–Trinajstić information content (AvgIpc) is 2.07. The van der Waals surface area contributed by atoms with E-state index in [9.17, 15) is 0 Å². The highest BCUT2D eigenvalue weighted by Gasteiger charge is 1.83. The van der Waals surface area contributed by atoms with Crippen molar-refractivity contribution < 1.29 is 5.11 Å². The zero-order valence-corrected chi connectivity index (χ0v) is 6.40. The maximum atomic E-state index is 8.46. The molecule has 1 aromatic carbocycles. The maximum Gasteiger partial charge on any atom is 0.0612 e. The lowest BCUT2D eigenvalue weighted by atomic mass is 10.1. The number of hydrogen-bond donors (Lipinski definition) is 1. The van der Waals surface area contributed by atoms with Crippen LogP contribution in [0.4, 0.5) is 0 Å². The first kappa shape index (κ1) is 8.02. The van der Waals surface area contributed by atoms with Gasteiger partial charge in [-0.3, -0.25) is 0 Å². The molecule has 0 atom stereocenters. The number of benzene rings is 1. The van der Waals surface area contributed by atoms with Crippen molar-refractivity contribution in [3.8, 4) is 0 Å². The minimum atomic E-state index is 0.132. The number of aliphatic hydroxyl groups is 1. The molecule has 0 spiro atoms. The van der Waals surface area contributed by atoms with Crippen LogP contribution in [-0.2, 0) is 6.42 Å². The fourth-order valence-corrected chi connectivity index (χ4v) is 0.908. The molecule has 0 amide bonds. The summed E-state index contributed by atoms with van der Waals surface area (Å²) >= 11 is 0. The Bertz CT molecular complexity index is 214. The van der Waals surface area contributed by atoms with Gasteiger partial charge in [0.15, 0.2) is 0 Å². The third-order valence-electron chi connectivity index (χ3n) is 1.47. The molecule has 58 valence electrons. The zero-order chi connectivity index (χ0) is 7.94. The average molecular weight is 148 g/mol. The Morgan fingerprint density at radius 2 is 1.82 bits per heavy atom. The molecular formula is C10H12O. The van der Waals surface area contributed by atoms with Gasteiger partial charge in [-0.1, -0.05) is 42.5 Å². The normalized spacial score (nSPS) is 10.6. The van der Waals surface area contributed by atoms with Crippen molar-refractivity contribution in [3.05, 3.63) is 48.0 Å². The van der Waals surface area contributed by atoms with Gasteiger partial charge < -0.3 is 5.11 Å². The van der Waals surface area contributed by atoms with Crippen molar-refractivity contribution in [2.45, 2.75) is 6.42 Å². The quantitative estimate of drug-likeness (QED) is 0.648. The Morgan fingerprint density at radius 3 is 2.45 bits per heavy atom. The Balaban J connectivity index is 2.45. The molecule has 1 nitrogen and oxygen atoms in total. The molecule has 0 aromatic heterocycles. The van der Waals surface area contributed by atoms with E-state index in [1.54, 1.807) is 6.08 Å². The Morgan fingerprint density at radius 1 is 1.09 bits per heavy atom. The van der Waals surface area contributed by atoms with Crippen LogP contribution in [-0.4, -0.2) is 11.7 Å². The molecule has 0 bridgehead atoms. The summed E-state index contributed by atoms with van der Waals surface area (Å²) < 4.78 is 0. The first-order valence-electron chi connectivity index (χ1n) is 3.73. The Kier molecular flexibility index (Phi) is 3.42. The second kappa shape index (κ2) is 4.69. The number of hydrogen-bond acceptors (Lipinski definition) is 1. The number of rotatable bonds is 3. The maximum absolute atomic E-state index is 8.46. The van der Waals surface area contributed by atoms with Gasteiger partial charge in [0.25, 0.3) is 0 Å². The predicted octanol–water partition coefficient (Wildman–Crippen LogP) is 1.78. The molecule has 1 heteroatoms. The van der Waals surface area contributed by atoms with Gasteiger partial charge >= 0.3 is 0 Å². The summed E-state index contributed by atoms with van der Waals surface area (Å²) in [4.78, 5) is 0. The van der Waals surface area contributed by atoms with E-state index in [1.165, 1.54) is 5.56 Å². The molecule has 0 saturated heterocycles. The van der Waals surface area contributed by atoms with Crippen molar-refractivity contribution >= 4 is 0 Å². The fraction of sp³-hybridized carbons (Fsp3) is 0.200. The lowest BCUT2D eigenvalue weighted by Crippen LogP contribution is -1.79. The summed E-state index contributed by atoms with van der Waals surface area (Å²) in [5.41, 5.74) is 1.28. The molecule has 11 heavy (non-hydrogen) atoms. The molecule has 1 aromatic rings. The SMILES string of the molecule is OCC=CCc1ccccc1. The summed E-state index contributed by atoms with van der Waals surface area (Å²) in [5.74, 6) is 0. The van der Waals surface area contributed by atoms with Crippen molar-refractivity contribution in [3.63, 3.8) is 0 Å². The number of allylic oxidation sites excluding steroid dienone is 1. The van der Waals surface area contributed by atoms with Crippen molar-refractivity contribution in [1.29, 1.82) is 0 Å². The number of aliphatic hydroxyl groups excluding tert-OH is 1. The third kappa shape index (κ3) is 3.01. The highest BCUT2D eigenvalue weighted by molar-refractivity contribution is 5.17. The molecule has 1 N–H and O–H groups in total. The van der Waals surface area contributed by atoms with E-state index >= 15 is 0 Å². The molecule has 0 fully saturated rings. The summed E-state index contributed by atoms with van der Waals surface area (Å²) in [6.07, 6.45) is 4.63. The van der Waals surface area contributed by atoms with Gasteiger partial charge in [-0.2, -0.15) is 0 Å². The molecule has 0 unspecified atom stereocenters. The van der Waals surface area contributed by atoms with Crippen LogP contribution >= 0.6 is 0 Å². The topological polar surface area (TPSA) is 20.2 Å². The van der Waals surface area contributed by atoms with Gasteiger partial charge in [-0.15, -0.1) is 0 Å². The van der Waals surface area contributed by atoms with E-state index in [2.05, 4.69) is 12.1 Å². The summed E-state index contributed by atoms with van der Waals surface area (Å²) in [5, 5.41) is 8.46. The second-order valence-electron chi connectivity index (χ2n) is 2.34. The molecule has 0 heterocycles. The highest BCUT2D eigenvalue weighted by Crippen LogP contribution is 1.99. The Hall–Kier alpha value is -1.08.